The standard InChI is InChI=1S/C16H24ClN/c1-4-9-18-14-7-8-16(3,11-14)13-6-5-12(2)15(17)10-13/h5-6,10,14,18H,4,7-9,11H2,1-3H3. The Kier molecular flexibility index (Phi) is 4.34. The molecule has 1 aliphatic rings. The molecule has 1 nitrogen and oxygen atoms in total. The van der Waals surface area contributed by atoms with Gasteiger partial charge in [-0.05, 0) is 61.8 Å². The quantitative estimate of drug-likeness (QED) is 0.848. The second-order valence-corrected chi connectivity index (χ2v) is 6.33. The lowest BCUT2D eigenvalue weighted by atomic mass is 9.80. The van der Waals surface area contributed by atoms with E-state index in [0.717, 1.165) is 11.6 Å². The van der Waals surface area contributed by atoms with Gasteiger partial charge in [-0.3, -0.25) is 0 Å². The Bertz CT molecular complexity index is 416. The van der Waals surface area contributed by atoms with E-state index in [1.54, 1.807) is 0 Å². The van der Waals surface area contributed by atoms with Crippen LogP contribution in [0.15, 0.2) is 18.2 Å². The van der Waals surface area contributed by atoms with Gasteiger partial charge < -0.3 is 5.32 Å². The smallest absolute Gasteiger partial charge is 0.0438 e. The van der Waals surface area contributed by atoms with Crippen LogP contribution in [0.4, 0.5) is 0 Å². The molecule has 100 valence electrons. The summed E-state index contributed by atoms with van der Waals surface area (Å²) in [6.45, 7) is 7.80. The summed E-state index contributed by atoms with van der Waals surface area (Å²) in [4.78, 5) is 0. The molecule has 1 N–H and O–H groups in total. The summed E-state index contributed by atoms with van der Waals surface area (Å²) >= 11 is 6.26. The van der Waals surface area contributed by atoms with E-state index < -0.39 is 0 Å². The second kappa shape index (κ2) is 5.63. The molecule has 2 rings (SSSR count). The zero-order valence-electron chi connectivity index (χ0n) is 11.7. The molecule has 1 aromatic carbocycles. The largest absolute Gasteiger partial charge is 0.314 e. The molecule has 0 amide bonds. The number of rotatable bonds is 4. The lowest BCUT2D eigenvalue weighted by Crippen LogP contribution is -2.29. The first-order chi connectivity index (χ1) is 8.55. The minimum absolute atomic E-state index is 0.294. The van der Waals surface area contributed by atoms with E-state index in [-0.39, 0.29) is 0 Å². The fraction of sp³-hybridized carbons (Fsp3) is 0.625. The first-order valence-electron chi connectivity index (χ1n) is 7.05. The number of hydrogen-bond acceptors (Lipinski definition) is 1. The van der Waals surface area contributed by atoms with Crippen molar-refractivity contribution in [2.45, 2.75) is 57.9 Å². The molecule has 1 saturated carbocycles. The van der Waals surface area contributed by atoms with Crippen molar-refractivity contribution in [2.24, 2.45) is 0 Å². The van der Waals surface area contributed by atoms with Gasteiger partial charge in [0, 0.05) is 11.1 Å². The number of halogens is 1. The number of benzene rings is 1. The Balaban J connectivity index is 2.10. The van der Waals surface area contributed by atoms with E-state index in [9.17, 15) is 0 Å². The van der Waals surface area contributed by atoms with Crippen LogP contribution in [-0.4, -0.2) is 12.6 Å². The van der Waals surface area contributed by atoms with Crippen molar-refractivity contribution in [3.05, 3.63) is 34.3 Å². The van der Waals surface area contributed by atoms with Crippen LogP contribution in [0, 0.1) is 6.92 Å². The van der Waals surface area contributed by atoms with E-state index in [4.69, 9.17) is 11.6 Å². The summed E-state index contributed by atoms with van der Waals surface area (Å²) in [5, 5.41) is 4.55. The van der Waals surface area contributed by atoms with E-state index in [2.05, 4.69) is 44.3 Å². The van der Waals surface area contributed by atoms with Gasteiger partial charge in [-0.25, -0.2) is 0 Å². The van der Waals surface area contributed by atoms with E-state index >= 15 is 0 Å². The lowest BCUT2D eigenvalue weighted by molar-refractivity contribution is 0.452. The molecular weight excluding hydrogens is 242 g/mol. The van der Waals surface area contributed by atoms with Crippen LogP contribution < -0.4 is 5.32 Å². The Morgan fingerprint density at radius 3 is 2.89 bits per heavy atom. The average Bonchev–Trinajstić information content (AvgIpc) is 2.73. The van der Waals surface area contributed by atoms with Crippen LogP contribution in [0.1, 0.15) is 50.7 Å². The normalized spacial score (nSPS) is 27.7. The first kappa shape index (κ1) is 13.9. The van der Waals surface area contributed by atoms with E-state index in [1.165, 1.54) is 36.8 Å². The van der Waals surface area contributed by atoms with Gasteiger partial charge in [0.1, 0.15) is 0 Å². The molecule has 18 heavy (non-hydrogen) atoms. The first-order valence-corrected chi connectivity index (χ1v) is 7.43. The van der Waals surface area contributed by atoms with Crippen molar-refractivity contribution in [1.82, 2.24) is 5.32 Å². The zero-order chi connectivity index (χ0) is 13.2. The summed E-state index contributed by atoms with van der Waals surface area (Å²) in [5.41, 5.74) is 2.87. The highest BCUT2D eigenvalue weighted by Crippen LogP contribution is 2.41. The molecule has 0 radical (unpaired) electrons. The average molecular weight is 266 g/mol. The predicted molar refractivity (Wildman–Crippen MR) is 79.5 cm³/mol. The SMILES string of the molecule is CCCNC1CCC(C)(c2ccc(C)c(Cl)c2)C1. The number of nitrogens with one attached hydrogen (secondary N) is 1. The summed E-state index contributed by atoms with van der Waals surface area (Å²) in [7, 11) is 0. The van der Waals surface area contributed by atoms with Gasteiger partial charge in [-0.15, -0.1) is 0 Å². The minimum Gasteiger partial charge on any atom is -0.314 e. The third-order valence-electron chi connectivity index (χ3n) is 4.29. The molecule has 0 aliphatic heterocycles. The third-order valence-corrected chi connectivity index (χ3v) is 4.70. The molecule has 0 saturated heterocycles. The number of hydrogen-bond donors (Lipinski definition) is 1. The van der Waals surface area contributed by atoms with Gasteiger partial charge in [0.05, 0.1) is 0 Å². The van der Waals surface area contributed by atoms with E-state index in [0.29, 0.717) is 11.5 Å². The molecule has 2 heteroatoms. The Morgan fingerprint density at radius 2 is 2.22 bits per heavy atom. The van der Waals surface area contributed by atoms with Crippen LogP contribution in [0.3, 0.4) is 0 Å². The molecule has 1 aliphatic carbocycles. The van der Waals surface area contributed by atoms with Gasteiger partial charge in [-0.2, -0.15) is 0 Å². The molecule has 0 heterocycles. The molecule has 2 unspecified atom stereocenters. The monoisotopic (exact) mass is 265 g/mol. The minimum atomic E-state index is 0.294. The van der Waals surface area contributed by atoms with Crippen molar-refractivity contribution >= 4 is 11.6 Å². The molecule has 0 aromatic heterocycles. The Labute approximate surface area is 116 Å². The third kappa shape index (κ3) is 2.89. The maximum atomic E-state index is 6.26. The fourth-order valence-corrected chi connectivity index (χ4v) is 3.17. The second-order valence-electron chi connectivity index (χ2n) is 5.92. The molecule has 1 aromatic rings. The highest BCUT2D eigenvalue weighted by Gasteiger charge is 2.36. The van der Waals surface area contributed by atoms with Gasteiger partial charge in [-0.1, -0.05) is 37.6 Å². The highest BCUT2D eigenvalue weighted by atomic mass is 35.5. The van der Waals surface area contributed by atoms with Crippen molar-refractivity contribution < 1.29 is 0 Å². The van der Waals surface area contributed by atoms with Crippen LogP contribution in [0.2, 0.25) is 5.02 Å². The van der Waals surface area contributed by atoms with Crippen LogP contribution >= 0.6 is 11.6 Å². The maximum absolute atomic E-state index is 6.26. The van der Waals surface area contributed by atoms with Crippen LogP contribution in [0.25, 0.3) is 0 Å². The molecule has 0 spiro atoms. The zero-order valence-corrected chi connectivity index (χ0v) is 12.5. The maximum Gasteiger partial charge on any atom is 0.0438 e. The van der Waals surface area contributed by atoms with Gasteiger partial charge in [0.25, 0.3) is 0 Å². The fourth-order valence-electron chi connectivity index (χ4n) is 2.99. The topological polar surface area (TPSA) is 12.0 Å². The van der Waals surface area contributed by atoms with Crippen molar-refractivity contribution in [3.8, 4) is 0 Å². The number of aryl methyl sites for hydroxylation is 1. The van der Waals surface area contributed by atoms with Crippen molar-refractivity contribution in [3.63, 3.8) is 0 Å². The highest BCUT2D eigenvalue weighted by molar-refractivity contribution is 6.31. The van der Waals surface area contributed by atoms with Crippen LogP contribution in [0.5, 0.6) is 0 Å². The molecule has 2 atom stereocenters. The van der Waals surface area contributed by atoms with Crippen molar-refractivity contribution in [1.29, 1.82) is 0 Å². The lowest BCUT2D eigenvalue weighted by Gasteiger charge is -2.25. The molecule has 0 bridgehead atoms. The summed E-state index contributed by atoms with van der Waals surface area (Å²) < 4.78 is 0. The summed E-state index contributed by atoms with van der Waals surface area (Å²) in [6.07, 6.45) is 4.98. The van der Waals surface area contributed by atoms with Crippen LogP contribution in [-0.2, 0) is 5.41 Å². The molecule has 1 fully saturated rings. The Hall–Kier alpha value is -0.530. The summed E-state index contributed by atoms with van der Waals surface area (Å²) in [6, 6.07) is 7.24. The Morgan fingerprint density at radius 1 is 1.44 bits per heavy atom. The van der Waals surface area contributed by atoms with Gasteiger partial charge >= 0.3 is 0 Å². The van der Waals surface area contributed by atoms with E-state index in [1.807, 2.05) is 0 Å². The van der Waals surface area contributed by atoms with Crippen molar-refractivity contribution in [2.75, 3.05) is 6.54 Å². The predicted octanol–water partition coefficient (Wildman–Crippen LogP) is 4.46. The van der Waals surface area contributed by atoms with Gasteiger partial charge in [0.15, 0.2) is 0 Å². The molecular formula is C16H24ClN. The van der Waals surface area contributed by atoms with Gasteiger partial charge in [0.2, 0.25) is 0 Å². The summed E-state index contributed by atoms with van der Waals surface area (Å²) in [5.74, 6) is 0.